The molecule has 0 unspecified atom stereocenters. The largest absolute Gasteiger partial charge is 0.497 e. The Morgan fingerprint density at radius 2 is 1.86 bits per heavy atom. The Bertz CT molecular complexity index is 1180. The molecule has 0 bridgehead atoms. The third-order valence-corrected chi connectivity index (χ3v) is 7.85. The quantitative estimate of drug-likeness (QED) is 0.159. The number of carbonyl (C=O) groups is 2. The molecule has 0 fully saturated rings. The first-order valence-electron chi connectivity index (χ1n) is 11.1. The zero-order chi connectivity index (χ0) is 26.2. The molecule has 2 atom stereocenters. The number of nitrogens with two attached hydrogens (primary N) is 1. The maximum absolute atomic E-state index is 13.1. The number of hydrazine groups is 1. The first-order valence-corrected chi connectivity index (χ1v) is 13.0. The molecule has 2 amide bonds. The third kappa shape index (κ3) is 6.08. The van der Waals surface area contributed by atoms with Crippen LogP contribution >= 0.6 is 0 Å². The summed E-state index contributed by atoms with van der Waals surface area (Å²) in [6.45, 7) is 3.55. The lowest BCUT2D eigenvalue weighted by atomic mass is 9.81. The number of amides is 2. The number of aryl methyl sites for hydroxylation is 1. The zero-order valence-electron chi connectivity index (χ0n) is 20.4. The van der Waals surface area contributed by atoms with E-state index in [2.05, 4.69) is 0 Å². The van der Waals surface area contributed by atoms with Crippen LogP contribution in [-0.2, 0) is 24.2 Å². The van der Waals surface area contributed by atoms with Gasteiger partial charge < -0.3 is 4.74 Å². The number of hydrogen-bond donors (Lipinski definition) is 4. The van der Waals surface area contributed by atoms with Gasteiger partial charge in [-0.05, 0) is 48.6 Å². The minimum absolute atomic E-state index is 0.0416. The summed E-state index contributed by atoms with van der Waals surface area (Å²) in [6, 6.07) is 12.2. The van der Waals surface area contributed by atoms with Crippen molar-refractivity contribution in [3.8, 4) is 5.75 Å². The zero-order valence-corrected chi connectivity index (χ0v) is 21.2. The summed E-state index contributed by atoms with van der Waals surface area (Å²) in [5, 5.41) is 9.47. The average Bonchev–Trinajstić information content (AvgIpc) is 2.84. The Morgan fingerprint density at radius 1 is 1.20 bits per heavy atom. The second-order valence-corrected chi connectivity index (χ2v) is 10.6. The fourth-order valence-corrected chi connectivity index (χ4v) is 5.80. The van der Waals surface area contributed by atoms with Crippen molar-refractivity contribution in [2.75, 3.05) is 13.4 Å². The van der Waals surface area contributed by atoms with Gasteiger partial charge in [0, 0.05) is 6.26 Å². The number of benzene rings is 2. The molecular formula is C25H33N3O6S. The van der Waals surface area contributed by atoms with E-state index in [1.165, 1.54) is 0 Å². The first-order chi connectivity index (χ1) is 16.5. The van der Waals surface area contributed by atoms with Crippen molar-refractivity contribution in [2.45, 2.75) is 43.8 Å². The SMILES string of the molecule is CCC[C@](C(=O)NN)(c1ccc(C)cc1[C@H](C/C=C/c1ccc(OC)cc1)C(=O)NO)S(C)(=O)=O. The van der Waals surface area contributed by atoms with Gasteiger partial charge in [-0.15, -0.1) is 0 Å². The summed E-state index contributed by atoms with van der Waals surface area (Å²) in [4.78, 5) is 25.8. The number of hydroxylamine groups is 1. The van der Waals surface area contributed by atoms with Gasteiger partial charge in [-0.2, -0.15) is 0 Å². The van der Waals surface area contributed by atoms with Crippen LogP contribution in [0, 0.1) is 6.92 Å². The summed E-state index contributed by atoms with van der Waals surface area (Å²) in [7, 11) is -2.47. The summed E-state index contributed by atoms with van der Waals surface area (Å²) in [6.07, 6.45) is 4.98. The van der Waals surface area contributed by atoms with E-state index in [0.29, 0.717) is 17.7 Å². The molecular weight excluding hydrogens is 470 g/mol. The molecule has 0 spiro atoms. The summed E-state index contributed by atoms with van der Waals surface area (Å²) in [5.41, 5.74) is 5.76. The fourth-order valence-electron chi connectivity index (χ4n) is 4.24. The molecule has 35 heavy (non-hydrogen) atoms. The Kier molecular flexibility index (Phi) is 9.58. The van der Waals surface area contributed by atoms with Gasteiger partial charge in [-0.3, -0.25) is 20.2 Å². The Balaban J connectivity index is 2.67. The Morgan fingerprint density at radius 3 is 2.37 bits per heavy atom. The first kappa shape index (κ1) is 28.0. The monoisotopic (exact) mass is 503 g/mol. The van der Waals surface area contributed by atoms with Crippen LogP contribution in [0.25, 0.3) is 6.08 Å². The summed E-state index contributed by atoms with van der Waals surface area (Å²) >= 11 is 0. The molecule has 0 aliphatic carbocycles. The van der Waals surface area contributed by atoms with Gasteiger partial charge in [0.1, 0.15) is 5.75 Å². The number of allylic oxidation sites excluding steroid dienone is 1. The highest BCUT2D eigenvalue weighted by Gasteiger charge is 2.50. The van der Waals surface area contributed by atoms with Gasteiger partial charge in [-0.25, -0.2) is 19.7 Å². The highest BCUT2D eigenvalue weighted by Crippen LogP contribution is 2.41. The number of methoxy groups -OCH3 is 1. The van der Waals surface area contributed by atoms with Crippen LogP contribution < -0.4 is 21.5 Å². The van der Waals surface area contributed by atoms with Crippen molar-refractivity contribution < 1.29 is 28.0 Å². The maximum atomic E-state index is 13.1. The summed E-state index contributed by atoms with van der Waals surface area (Å²) in [5.74, 6) is 3.53. The smallest absolute Gasteiger partial charge is 0.259 e. The van der Waals surface area contributed by atoms with Gasteiger partial charge in [-0.1, -0.05) is 61.4 Å². The number of hydrogen-bond acceptors (Lipinski definition) is 7. The highest BCUT2D eigenvalue weighted by molar-refractivity contribution is 7.92. The molecule has 2 aromatic carbocycles. The van der Waals surface area contributed by atoms with Crippen molar-refractivity contribution in [1.82, 2.24) is 10.9 Å². The maximum Gasteiger partial charge on any atom is 0.259 e. The van der Waals surface area contributed by atoms with Crippen LogP contribution in [0.4, 0.5) is 0 Å². The molecule has 0 heterocycles. The van der Waals surface area contributed by atoms with E-state index >= 15 is 0 Å². The number of ether oxygens (including phenoxy) is 1. The second-order valence-electron chi connectivity index (χ2n) is 8.35. The van der Waals surface area contributed by atoms with Gasteiger partial charge >= 0.3 is 0 Å². The van der Waals surface area contributed by atoms with E-state index in [0.717, 1.165) is 17.4 Å². The van der Waals surface area contributed by atoms with Crippen LogP contribution in [0.15, 0.2) is 48.5 Å². The normalized spacial score (nSPS) is 14.2. The fraction of sp³-hybridized carbons (Fsp3) is 0.360. The molecule has 0 saturated carbocycles. The number of carbonyl (C=O) groups excluding carboxylic acids is 2. The van der Waals surface area contributed by atoms with Crippen molar-refractivity contribution in [1.29, 1.82) is 0 Å². The minimum atomic E-state index is -4.04. The Labute approximate surface area is 206 Å². The molecule has 0 aliphatic rings. The standard InChI is InChI=1S/C25H33N3O6S/c1-5-15-25(24(30)27-26,35(4,32)33)22-14-9-17(2)16-21(22)20(23(29)28-31)8-6-7-18-10-12-19(34-3)13-11-18/h6-7,9-14,16,20,31H,5,8,15,26H2,1-4H3,(H,27,30)(H,28,29)/b7-6+/t20-,25+/m0/s1. The van der Waals surface area contributed by atoms with Gasteiger partial charge in [0.25, 0.3) is 11.8 Å². The lowest BCUT2D eigenvalue weighted by Gasteiger charge is -2.33. The van der Waals surface area contributed by atoms with Crippen LogP contribution in [0.5, 0.6) is 5.75 Å². The molecule has 190 valence electrons. The lowest BCUT2D eigenvalue weighted by Crippen LogP contribution is -2.52. The van der Waals surface area contributed by atoms with E-state index in [1.54, 1.807) is 68.9 Å². The number of nitrogens with one attached hydrogen (secondary N) is 2. The predicted octanol–water partition coefficient (Wildman–Crippen LogP) is 2.73. The molecule has 0 saturated heterocycles. The van der Waals surface area contributed by atoms with Crippen LogP contribution in [-0.4, -0.2) is 38.8 Å². The van der Waals surface area contributed by atoms with E-state index in [1.807, 2.05) is 17.6 Å². The van der Waals surface area contributed by atoms with E-state index < -0.39 is 32.3 Å². The highest BCUT2D eigenvalue weighted by atomic mass is 32.2. The molecule has 0 aliphatic heterocycles. The predicted molar refractivity (Wildman–Crippen MR) is 134 cm³/mol. The lowest BCUT2D eigenvalue weighted by molar-refractivity contribution is -0.131. The van der Waals surface area contributed by atoms with Gasteiger partial charge in [0.2, 0.25) is 0 Å². The van der Waals surface area contributed by atoms with Crippen LogP contribution in [0.3, 0.4) is 0 Å². The summed E-state index contributed by atoms with van der Waals surface area (Å²) < 4.78 is 29.4. The molecule has 2 rings (SSSR count). The van der Waals surface area contributed by atoms with Crippen molar-refractivity contribution >= 4 is 27.7 Å². The molecule has 0 radical (unpaired) electrons. The molecule has 2 aromatic rings. The number of rotatable bonds is 11. The van der Waals surface area contributed by atoms with Crippen LogP contribution in [0.1, 0.15) is 54.4 Å². The van der Waals surface area contributed by atoms with E-state index in [4.69, 9.17) is 10.6 Å². The molecule has 5 N–H and O–H groups in total. The number of sulfone groups is 1. The van der Waals surface area contributed by atoms with Crippen molar-refractivity contribution in [3.05, 3.63) is 70.8 Å². The minimum Gasteiger partial charge on any atom is -0.497 e. The van der Waals surface area contributed by atoms with Crippen LogP contribution in [0.2, 0.25) is 0 Å². The third-order valence-electron chi connectivity index (χ3n) is 5.98. The molecule has 9 nitrogen and oxygen atoms in total. The van der Waals surface area contributed by atoms with Gasteiger partial charge in [0.15, 0.2) is 14.6 Å². The molecule has 10 heteroatoms. The van der Waals surface area contributed by atoms with Crippen molar-refractivity contribution in [2.24, 2.45) is 5.84 Å². The van der Waals surface area contributed by atoms with E-state index in [9.17, 15) is 23.2 Å². The van der Waals surface area contributed by atoms with Gasteiger partial charge in [0.05, 0.1) is 13.0 Å². The molecule has 0 aromatic heterocycles. The topological polar surface area (TPSA) is 148 Å². The average molecular weight is 504 g/mol. The van der Waals surface area contributed by atoms with E-state index in [-0.39, 0.29) is 18.4 Å². The second kappa shape index (κ2) is 12.0. The van der Waals surface area contributed by atoms with Crippen molar-refractivity contribution in [3.63, 3.8) is 0 Å². The Hall–Kier alpha value is -3.21.